The number of sulfonamides is 1. The smallest absolute Gasteiger partial charge is 0.338 e. The van der Waals surface area contributed by atoms with Crippen molar-refractivity contribution in [1.82, 2.24) is 14.7 Å². The summed E-state index contributed by atoms with van der Waals surface area (Å²) in [6.45, 7) is 1.39. The standard InChI is InChI=1S/C12H20N2O3S.C11H7FN2O2/c1-17-8-3-2-7-14-18(15,16)12-6-4-5-11(9-12)10-13;12-9-3-1-2-7(4-9)10-13-5-8(6-14-10)11(15)16/h4-6,9,14H,2-3,7-8,10,13H2,1H3;1-6H,(H,15,16). The van der Waals surface area contributed by atoms with Crippen LogP contribution in [0.1, 0.15) is 28.8 Å². The number of carboxylic acid groups (broad SMARTS) is 1. The van der Waals surface area contributed by atoms with Crippen molar-refractivity contribution in [3.63, 3.8) is 0 Å². The van der Waals surface area contributed by atoms with Crippen molar-refractivity contribution in [3.8, 4) is 11.4 Å². The van der Waals surface area contributed by atoms with E-state index in [1.54, 1.807) is 43.5 Å². The van der Waals surface area contributed by atoms with Crippen LogP contribution in [0.25, 0.3) is 11.4 Å². The molecule has 3 aromatic rings. The van der Waals surface area contributed by atoms with E-state index in [0.29, 0.717) is 31.1 Å². The molecule has 3 rings (SSSR count). The van der Waals surface area contributed by atoms with E-state index in [0.717, 1.165) is 18.4 Å². The van der Waals surface area contributed by atoms with Gasteiger partial charge in [-0.15, -0.1) is 0 Å². The molecule has 1 aromatic heterocycles. The maximum atomic E-state index is 12.9. The first-order valence-corrected chi connectivity index (χ1v) is 11.8. The fraction of sp³-hybridized carbons (Fsp3) is 0.261. The van der Waals surface area contributed by atoms with Gasteiger partial charge < -0.3 is 15.6 Å². The van der Waals surface area contributed by atoms with E-state index in [1.165, 1.54) is 24.5 Å². The van der Waals surface area contributed by atoms with Gasteiger partial charge in [0.05, 0.1) is 10.5 Å². The Balaban J connectivity index is 0.000000241. The number of carbonyl (C=O) groups is 1. The number of unbranched alkanes of at least 4 members (excludes halogenated alkanes) is 1. The van der Waals surface area contributed by atoms with Crippen LogP contribution in [0.2, 0.25) is 0 Å². The average Bonchev–Trinajstić information content (AvgIpc) is 2.84. The van der Waals surface area contributed by atoms with Crippen LogP contribution in [0, 0.1) is 5.82 Å². The number of methoxy groups -OCH3 is 1. The van der Waals surface area contributed by atoms with Crippen LogP contribution in [0.3, 0.4) is 0 Å². The van der Waals surface area contributed by atoms with Gasteiger partial charge in [-0.2, -0.15) is 0 Å². The number of aromatic carboxylic acids is 1. The number of carboxylic acids is 1. The second-order valence-electron chi connectivity index (χ2n) is 7.06. The van der Waals surface area contributed by atoms with Crippen molar-refractivity contribution in [2.24, 2.45) is 5.73 Å². The molecule has 0 aliphatic rings. The summed E-state index contributed by atoms with van der Waals surface area (Å²) in [6.07, 6.45) is 3.97. The molecule has 0 aliphatic carbocycles. The highest BCUT2D eigenvalue weighted by atomic mass is 32.2. The number of rotatable bonds is 10. The second-order valence-corrected chi connectivity index (χ2v) is 8.83. The van der Waals surface area contributed by atoms with Crippen LogP contribution in [0.4, 0.5) is 4.39 Å². The van der Waals surface area contributed by atoms with E-state index < -0.39 is 16.0 Å². The molecule has 1 heterocycles. The van der Waals surface area contributed by atoms with Crippen molar-refractivity contribution in [3.05, 3.63) is 77.9 Å². The molecule has 0 saturated heterocycles. The summed E-state index contributed by atoms with van der Waals surface area (Å²) < 4.78 is 44.3. The zero-order chi connectivity index (χ0) is 25.0. The first-order chi connectivity index (χ1) is 16.3. The maximum Gasteiger partial charge on any atom is 0.338 e. The predicted octanol–water partition coefficient (Wildman–Crippen LogP) is 2.83. The SMILES string of the molecule is COCCCCNS(=O)(=O)c1cccc(CN)c1.O=C(O)c1cnc(-c2cccc(F)c2)nc1. The Hall–Kier alpha value is -3.25. The van der Waals surface area contributed by atoms with Gasteiger partial charge in [-0.25, -0.2) is 32.3 Å². The van der Waals surface area contributed by atoms with Gasteiger partial charge in [0.15, 0.2) is 5.82 Å². The van der Waals surface area contributed by atoms with Crippen LogP contribution < -0.4 is 10.5 Å². The van der Waals surface area contributed by atoms with Gasteiger partial charge in [-0.1, -0.05) is 24.3 Å². The highest BCUT2D eigenvalue weighted by Gasteiger charge is 2.13. The number of hydrogen-bond acceptors (Lipinski definition) is 7. The van der Waals surface area contributed by atoms with E-state index in [2.05, 4.69) is 14.7 Å². The van der Waals surface area contributed by atoms with Crippen LogP contribution in [0.15, 0.2) is 65.8 Å². The molecule has 0 atom stereocenters. The summed E-state index contributed by atoms with van der Waals surface area (Å²) >= 11 is 0. The van der Waals surface area contributed by atoms with Gasteiger partial charge >= 0.3 is 5.97 Å². The van der Waals surface area contributed by atoms with Crippen molar-refractivity contribution in [1.29, 1.82) is 0 Å². The van der Waals surface area contributed by atoms with Crippen LogP contribution in [0.5, 0.6) is 0 Å². The summed E-state index contributed by atoms with van der Waals surface area (Å²) in [4.78, 5) is 18.5. The number of nitrogens with one attached hydrogen (secondary N) is 1. The number of nitrogens with zero attached hydrogens (tertiary/aromatic N) is 2. The lowest BCUT2D eigenvalue weighted by molar-refractivity contribution is 0.0696. The molecule has 0 radical (unpaired) electrons. The lowest BCUT2D eigenvalue weighted by Crippen LogP contribution is -2.25. The molecule has 0 unspecified atom stereocenters. The molecule has 182 valence electrons. The molecule has 9 nitrogen and oxygen atoms in total. The zero-order valence-electron chi connectivity index (χ0n) is 18.6. The minimum absolute atomic E-state index is 0.000142. The minimum atomic E-state index is -3.43. The van der Waals surface area contributed by atoms with Gasteiger partial charge in [-0.3, -0.25) is 0 Å². The van der Waals surface area contributed by atoms with Crippen molar-refractivity contribution in [2.45, 2.75) is 24.3 Å². The molecular weight excluding hydrogens is 463 g/mol. The molecule has 34 heavy (non-hydrogen) atoms. The van der Waals surface area contributed by atoms with Gasteiger partial charge in [0, 0.05) is 44.8 Å². The number of ether oxygens (including phenoxy) is 1. The molecule has 11 heteroatoms. The first kappa shape index (κ1) is 27.0. The summed E-state index contributed by atoms with van der Waals surface area (Å²) in [7, 11) is -1.80. The summed E-state index contributed by atoms with van der Waals surface area (Å²) in [5.74, 6) is -1.18. The number of hydrogen-bond donors (Lipinski definition) is 3. The van der Waals surface area contributed by atoms with E-state index in [1.807, 2.05) is 0 Å². The van der Waals surface area contributed by atoms with Crippen LogP contribution >= 0.6 is 0 Å². The Kier molecular flexibility index (Phi) is 10.7. The normalized spacial score (nSPS) is 10.9. The largest absolute Gasteiger partial charge is 0.478 e. The van der Waals surface area contributed by atoms with E-state index in [-0.39, 0.29) is 16.3 Å². The number of aromatic nitrogens is 2. The summed E-state index contributed by atoms with van der Waals surface area (Å²) in [5, 5.41) is 8.65. The third kappa shape index (κ3) is 8.60. The third-order valence-electron chi connectivity index (χ3n) is 4.49. The zero-order valence-corrected chi connectivity index (χ0v) is 19.5. The van der Waals surface area contributed by atoms with E-state index in [9.17, 15) is 17.6 Å². The molecule has 0 aliphatic heterocycles. The minimum Gasteiger partial charge on any atom is -0.478 e. The van der Waals surface area contributed by atoms with E-state index >= 15 is 0 Å². The molecule has 2 aromatic carbocycles. The lowest BCUT2D eigenvalue weighted by atomic mass is 10.2. The van der Waals surface area contributed by atoms with Crippen molar-refractivity contribution < 1.29 is 27.4 Å². The third-order valence-corrected chi connectivity index (χ3v) is 5.95. The van der Waals surface area contributed by atoms with Gasteiger partial charge in [0.25, 0.3) is 0 Å². The Bertz CT molecular complexity index is 1170. The Morgan fingerprint density at radius 1 is 1.12 bits per heavy atom. The molecule has 0 saturated carbocycles. The summed E-state index contributed by atoms with van der Waals surface area (Å²) in [5.41, 5.74) is 6.80. The fourth-order valence-corrected chi connectivity index (χ4v) is 3.86. The maximum absolute atomic E-state index is 12.9. The molecule has 0 spiro atoms. The molecule has 0 amide bonds. The van der Waals surface area contributed by atoms with Crippen molar-refractivity contribution >= 4 is 16.0 Å². The Labute approximate surface area is 197 Å². The monoisotopic (exact) mass is 490 g/mol. The fourth-order valence-electron chi connectivity index (χ4n) is 2.72. The number of benzene rings is 2. The van der Waals surface area contributed by atoms with Crippen LogP contribution in [-0.2, 0) is 21.3 Å². The molecule has 4 N–H and O–H groups in total. The Morgan fingerprint density at radius 2 is 1.82 bits per heavy atom. The molecule has 0 bridgehead atoms. The first-order valence-electron chi connectivity index (χ1n) is 10.4. The van der Waals surface area contributed by atoms with Gasteiger partial charge in [0.1, 0.15) is 5.82 Å². The Morgan fingerprint density at radius 3 is 2.44 bits per heavy atom. The predicted molar refractivity (Wildman–Crippen MR) is 125 cm³/mol. The second kappa shape index (κ2) is 13.5. The lowest BCUT2D eigenvalue weighted by Gasteiger charge is -2.07. The van der Waals surface area contributed by atoms with Gasteiger partial charge in [0.2, 0.25) is 10.0 Å². The molecule has 0 fully saturated rings. The number of nitrogens with two attached hydrogens (primary N) is 1. The highest BCUT2D eigenvalue weighted by molar-refractivity contribution is 7.89. The van der Waals surface area contributed by atoms with Gasteiger partial charge in [-0.05, 0) is 42.7 Å². The number of halogens is 1. The average molecular weight is 491 g/mol. The highest BCUT2D eigenvalue weighted by Crippen LogP contribution is 2.15. The topological polar surface area (TPSA) is 144 Å². The van der Waals surface area contributed by atoms with E-state index in [4.69, 9.17) is 15.6 Å². The summed E-state index contributed by atoms with van der Waals surface area (Å²) in [6, 6.07) is 12.5. The van der Waals surface area contributed by atoms with Crippen LogP contribution in [-0.4, -0.2) is 49.7 Å². The molecular formula is C23H27FN4O5S. The van der Waals surface area contributed by atoms with Crippen molar-refractivity contribution in [2.75, 3.05) is 20.3 Å². The quantitative estimate of drug-likeness (QED) is 0.368.